The van der Waals surface area contributed by atoms with Crippen molar-refractivity contribution in [3.8, 4) is 11.5 Å². The number of hydrogen-bond acceptors (Lipinski definition) is 4. The fourth-order valence-electron chi connectivity index (χ4n) is 2.14. The van der Waals surface area contributed by atoms with Crippen LogP contribution in [-0.4, -0.2) is 10.2 Å². The third-order valence-corrected chi connectivity index (χ3v) is 3.99. The molecule has 1 N–H and O–H groups in total. The molecule has 0 amide bonds. The fraction of sp³-hybridized carbons (Fsp3) is 0.176. The summed E-state index contributed by atoms with van der Waals surface area (Å²) >= 11 is 11.8. The van der Waals surface area contributed by atoms with Crippen LogP contribution in [0.25, 0.3) is 11.5 Å². The predicted octanol–water partition coefficient (Wildman–Crippen LogP) is 4.89. The lowest BCUT2D eigenvalue weighted by molar-refractivity contribution is 0.454. The lowest BCUT2D eigenvalue weighted by Gasteiger charge is -2.12. The molecule has 1 heterocycles. The van der Waals surface area contributed by atoms with Gasteiger partial charge in [0.1, 0.15) is 0 Å². The summed E-state index contributed by atoms with van der Waals surface area (Å²) in [5.41, 5.74) is 1.99. The summed E-state index contributed by atoms with van der Waals surface area (Å²) in [7, 11) is 0. The zero-order valence-electron chi connectivity index (χ0n) is 12.5. The van der Waals surface area contributed by atoms with E-state index in [0.29, 0.717) is 23.3 Å². The molecule has 0 aliphatic heterocycles. The highest BCUT2D eigenvalue weighted by molar-refractivity contribution is 6.30. The molecule has 1 aromatic heterocycles. The van der Waals surface area contributed by atoms with E-state index in [1.165, 1.54) is 0 Å². The zero-order chi connectivity index (χ0) is 16.2. The van der Waals surface area contributed by atoms with Gasteiger partial charge in [-0.05, 0) is 48.9 Å². The van der Waals surface area contributed by atoms with Gasteiger partial charge in [0.05, 0.1) is 6.54 Å². The first-order valence-electron chi connectivity index (χ1n) is 7.19. The van der Waals surface area contributed by atoms with Crippen molar-refractivity contribution in [3.05, 3.63) is 70.0 Å². The average Bonchev–Trinajstić information content (AvgIpc) is 3.03. The number of benzene rings is 2. The molecule has 0 aliphatic rings. The summed E-state index contributed by atoms with van der Waals surface area (Å²) in [6.07, 6.45) is 0. The quantitative estimate of drug-likeness (QED) is 0.713. The van der Waals surface area contributed by atoms with E-state index in [4.69, 9.17) is 27.6 Å². The van der Waals surface area contributed by atoms with Crippen molar-refractivity contribution in [1.29, 1.82) is 0 Å². The van der Waals surface area contributed by atoms with Crippen LogP contribution < -0.4 is 5.32 Å². The topological polar surface area (TPSA) is 51.0 Å². The van der Waals surface area contributed by atoms with Crippen molar-refractivity contribution in [2.75, 3.05) is 0 Å². The van der Waals surface area contributed by atoms with Gasteiger partial charge < -0.3 is 9.73 Å². The Labute approximate surface area is 144 Å². The molecule has 0 bridgehead atoms. The van der Waals surface area contributed by atoms with Crippen LogP contribution in [0.15, 0.2) is 52.9 Å². The molecule has 0 spiro atoms. The average molecular weight is 348 g/mol. The maximum atomic E-state index is 5.90. The minimum atomic E-state index is 0.151. The highest BCUT2D eigenvalue weighted by Crippen LogP contribution is 2.21. The third-order valence-electron chi connectivity index (χ3n) is 3.49. The second kappa shape index (κ2) is 7.13. The van der Waals surface area contributed by atoms with Gasteiger partial charge in [-0.2, -0.15) is 0 Å². The fourth-order valence-corrected chi connectivity index (χ4v) is 2.40. The van der Waals surface area contributed by atoms with E-state index >= 15 is 0 Å². The molecule has 118 valence electrons. The van der Waals surface area contributed by atoms with Crippen LogP contribution in [0.4, 0.5) is 0 Å². The van der Waals surface area contributed by atoms with Gasteiger partial charge in [0.25, 0.3) is 0 Å². The van der Waals surface area contributed by atoms with Crippen LogP contribution in [0.5, 0.6) is 0 Å². The summed E-state index contributed by atoms with van der Waals surface area (Å²) in [4.78, 5) is 0. The molecule has 0 saturated heterocycles. The minimum absolute atomic E-state index is 0.151. The maximum absolute atomic E-state index is 5.90. The Morgan fingerprint density at radius 2 is 1.57 bits per heavy atom. The molecular formula is C17H15Cl2N3O. The second-order valence-electron chi connectivity index (χ2n) is 5.16. The lowest BCUT2D eigenvalue weighted by Crippen LogP contribution is -2.18. The van der Waals surface area contributed by atoms with Crippen LogP contribution in [0.3, 0.4) is 0 Å². The molecule has 0 saturated carbocycles. The molecule has 6 heteroatoms. The van der Waals surface area contributed by atoms with Crippen molar-refractivity contribution in [1.82, 2.24) is 15.5 Å². The number of hydrogen-bond donors (Lipinski definition) is 1. The van der Waals surface area contributed by atoms with Crippen molar-refractivity contribution >= 4 is 23.2 Å². The number of nitrogens with zero attached hydrogens (tertiary/aromatic N) is 2. The smallest absolute Gasteiger partial charge is 0.247 e. The Kier molecular flexibility index (Phi) is 4.96. The lowest BCUT2D eigenvalue weighted by atomic mass is 10.1. The predicted molar refractivity (Wildman–Crippen MR) is 91.5 cm³/mol. The summed E-state index contributed by atoms with van der Waals surface area (Å²) in [5.74, 6) is 1.02. The van der Waals surface area contributed by atoms with Gasteiger partial charge in [-0.15, -0.1) is 10.2 Å². The second-order valence-corrected chi connectivity index (χ2v) is 6.03. The van der Waals surface area contributed by atoms with E-state index < -0.39 is 0 Å². The molecule has 3 aromatic rings. The number of halogens is 2. The van der Waals surface area contributed by atoms with Crippen molar-refractivity contribution in [3.63, 3.8) is 0 Å². The molecule has 4 nitrogen and oxygen atoms in total. The molecule has 0 unspecified atom stereocenters. The first-order valence-corrected chi connectivity index (χ1v) is 7.94. The SMILES string of the molecule is C[C@@H](NCc1nnc(-c2ccc(Cl)cc2)o1)c1ccc(Cl)cc1. The Balaban J connectivity index is 1.63. The van der Waals surface area contributed by atoms with Crippen LogP contribution >= 0.6 is 23.2 Å². The minimum Gasteiger partial charge on any atom is -0.419 e. The van der Waals surface area contributed by atoms with E-state index in [1.807, 2.05) is 36.4 Å². The largest absolute Gasteiger partial charge is 0.419 e. The van der Waals surface area contributed by atoms with Gasteiger partial charge in [-0.3, -0.25) is 0 Å². The number of rotatable bonds is 5. The molecule has 3 rings (SSSR count). The van der Waals surface area contributed by atoms with Crippen molar-refractivity contribution in [2.45, 2.75) is 19.5 Å². The van der Waals surface area contributed by atoms with Crippen LogP contribution in [0.2, 0.25) is 10.0 Å². The van der Waals surface area contributed by atoms with Crippen LogP contribution in [0.1, 0.15) is 24.4 Å². The third kappa shape index (κ3) is 4.10. The molecular weight excluding hydrogens is 333 g/mol. The maximum Gasteiger partial charge on any atom is 0.247 e. The Morgan fingerprint density at radius 1 is 0.957 bits per heavy atom. The van der Waals surface area contributed by atoms with Crippen LogP contribution in [-0.2, 0) is 6.54 Å². The highest BCUT2D eigenvalue weighted by Gasteiger charge is 2.10. The standard InChI is InChI=1S/C17H15Cl2N3O/c1-11(12-2-6-14(18)7-3-12)20-10-16-21-22-17(23-16)13-4-8-15(19)9-5-13/h2-9,11,20H,10H2,1H3/t11-/m1/s1. The van der Waals surface area contributed by atoms with Gasteiger partial charge >= 0.3 is 0 Å². The van der Waals surface area contributed by atoms with Gasteiger partial charge in [0, 0.05) is 21.7 Å². The monoisotopic (exact) mass is 347 g/mol. The van der Waals surface area contributed by atoms with Crippen LogP contribution in [0, 0.1) is 0 Å². The zero-order valence-corrected chi connectivity index (χ0v) is 14.0. The Bertz CT molecular complexity index is 769. The van der Waals surface area contributed by atoms with E-state index in [2.05, 4.69) is 22.4 Å². The van der Waals surface area contributed by atoms with E-state index in [0.717, 1.165) is 16.1 Å². The molecule has 0 fully saturated rings. The summed E-state index contributed by atoms with van der Waals surface area (Å²) in [6, 6.07) is 15.2. The summed E-state index contributed by atoms with van der Waals surface area (Å²) < 4.78 is 5.67. The number of nitrogens with one attached hydrogen (secondary N) is 1. The summed E-state index contributed by atoms with van der Waals surface area (Å²) in [6.45, 7) is 2.56. The van der Waals surface area contributed by atoms with Gasteiger partial charge in [0.2, 0.25) is 11.8 Å². The normalized spacial score (nSPS) is 12.3. The van der Waals surface area contributed by atoms with Crippen molar-refractivity contribution < 1.29 is 4.42 Å². The Hall–Kier alpha value is -1.88. The summed E-state index contributed by atoms with van der Waals surface area (Å²) in [5, 5.41) is 12.9. The first-order chi connectivity index (χ1) is 11.1. The number of aromatic nitrogens is 2. The van der Waals surface area contributed by atoms with E-state index in [1.54, 1.807) is 12.1 Å². The molecule has 2 aromatic carbocycles. The van der Waals surface area contributed by atoms with E-state index in [-0.39, 0.29) is 6.04 Å². The molecule has 1 atom stereocenters. The van der Waals surface area contributed by atoms with Gasteiger partial charge in [-0.25, -0.2) is 0 Å². The molecule has 23 heavy (non-hydrogen) atoms. The molecule has 0 aliphatic carbocycles. The van der Waals surface area contributed by atoms with Gasteiger partial charge in [-0.1, -0.05) is 35.3 Å². The highest BCUT2D eigenvalue weighted by atomic mass is 35.5. The first kappa shape index (κ1) is 16.0. The Morgan fingerprint density at radius 3 is 2.22 bits per heavy atom. The van der Waals surface area contributed by atoms with Crippen molar-refractivity contribution in [2.24, 2.45) is 0 Å². The van der Waals surface area contributed by atoms with E-state index in [9.17, 15) is 0 Å². The molecule has 0 radical (unpaired) electrons. The van der Waals surface area contributed by atoms with Gasteiger partial charge in [0.15, 0.2) is 0 Å².